The van der Waals surface area contributed by atoms with Crippen molar-refractivity contribution in [3.8, 4) is 0 Å². The zero-order valence-electron chi connectivity index (χ0n) is 11.4. The van der Waals surface area contributed by atoms with Gasteiger partial charge in [0.15, 0.2) is 0 Å². The first kappa shape index (κ1) is 13.9. The number of esters is 1. The predicted molar refractivity (Wildman–Crippen MR) is 77.3 cm³/mol. The van der Waals surface area contributed by atoms with Crippen LogP contribution < -0.4 is 0 Å². The van der Waals surface area contributed by atoms with Crippen molar-refractivity contribution in [1.82, 2.24) is 9.38 Å². The van der Waals surface area contributed by atoms with E-state index in [0.29, 0.717) is 0 Å². The molecule has 0 saturated carbocycles. The van der Waals surface area contributed by atoms with Crippen molar-refractivity contribution in [2.45, 2.75) is 19.6 Å². The Morgan fingerprint density at radius 2 is 2.32 bits per heavy atom. The molecule has 19 heavy (non-hydrogen) atoms. The predicted octanol–water partition coefficient (Wildman–Crippen LogP) is 2.69. The van der Waals surface area contributed by atoms with Crippen molar-refractivity contribution in [3.05, 3.63) is 35.8 Å². The van der Waals surface area contributed by atoms with Crippen LogP contribution in [0.2, 0.25) is 0 Å². The van der Waals surface area contributed by atoms with Gasteiger partial charge in [0.2, 0.25) is 0 Å². The lowest BCUT2D eigenvalue weighted by Crippen LogP contribution is -2.14. The number of carbonyl (C=O) groups is 1. The summed E-state index contributed by atoms with van der Waals surface area (Å²) in [5.74, 6) is 1.33. The average molecular weight is 278 g/mol. The number of fused-ring (bicyclic) bond motifs is 1. The molecule has 1 atom stereocenters. The Kier molecular flexibility index (Phi) is 4.47. The maximum atomic E-state index is 11.3. The molecule has 5 heteroatoms. The van der Waals surface area contributed by atoms with Gasteiger partial charge in [-0.1, -0.05) is 13.0 Å². The van der Waals surface area contributed by atoms with Crippen LogP contribution in [0.5, 0.6) is 0 Å². The smallest absolute Gasteiger partial charge is 0.309 e. The highest BCUT2D eigenvalue weighted by molar-refractivity contribution is 7.98. The maximum absolute atomic E-state index is 11.3. The first-order valence-corrected chi connectivity index (χ1v) is 7.36. The second-order valence-corrected chi connectivity index (χ2v) is 5.60. The third-order valence-corrected chi connectivity index (χ3v) is 4.20. The largest absolute Gasteiger partial charge is 0.469 e. The number of rotatable bonds is 5. The molecule has 0 fully saturated rings. The van der Waals surface area contributed by atoms with Gasteiger partial charge in [-0.3, -0.25) is 4.79 Å². The first-order valence-electron chi connectivity index (χ1n) is 6.21. The van der Waals surface area contributed by atoms with Gasteiger partial charge in [0.05, 0.1) is 18.7 Å². The molecule has 2 aromatic heterocycles. The van der Waals surface area contributed by atoms with E-state index in [1.165, 1.54) is 12.8 Å². The summed E-state index contributed by atoms with van der Waals surface area (Å²) in [5.41, 5.74) is 3.18. The number of imidazole rings is 1. The standard InChI is InChI=1S/C14H18N2O2S/c1-10(14(17)18-3)8-19-9-12-7-16-11(2)5-4-6-13(16)15-12/h4-7,10H,8-9H2,1-3H3/t10-/m0/s1. The molecule has 0 amide bonds. The van der Waals surface area contributed by atoms with Gasteiger partial charge in [-0.15, -0.1) is 0 Å². The van der Waals surface area contributed by atoms with E-state index >= 15 is 0 Å². The van der Waals surface area contributed by atoms with Gasteiger partial charge in [-0.2, -0.15) is 11.8 Å². The van der Waals surface area contributed by atoms with E-state index < -0.39 is 0 Å². The average Bonchev–Trinajstić information content (AvgIpc) is 2.82. The van der Waals surface area contributed by atoms with Crippen molar-refractivity contribution in [2.75, 3.05) is 12.9 Å². The van der Waals surface area contributed by atoms with Gasteiger partial charge in [-0.05, 0) is 19.1 Å². The Balaban J connectivity index is 1.95. The van der Waals surface area contributed by atoms with Crippen LogP contribution in [-0.4, -0.2) is 28.2 Å². The molecule has 0 saturated heterocycles. The number of methoxy groups -OCH3 is 1. The normalized spacial score (nSPS) is 12.6. The lowest BCUT2D eigenvalue weighted by Gasteiger charge is -2.07. The molecule has 0 N–H and O–H groups in total. The fraction of sp³-hybridized carbons (Fsp3) is 0.429. The van der Waals surface area contributed by atoms with Crippen molar-refractivity contribution < 1.29 is 9.53 Å². The van der Waals surface area contributed by atoms with Crippen molar-refractivity contribution in [1.29, 1.82) is 0 Å². The van der Waals surface area contributed by atoms with E-state index in [0.717, 1.165) is 22.8 Å². The number of pyridine rings is 1. The Morgan fingerprint density at radius 1 is 1.53 bits per heavy atom. The second kappa shape index (κ2) is 6.10. The first-order chi connectivity index (χ1) is 9.11. The number of thioether (sulfide) groups is 1. The Hall–Kier alpha value is -1.49. The molecule has 0 aliphatic rings. The zero-order chi connectivity index (χ0) is 13.8. The molecular formula is C14H18N2O2S. The fourth-order valence-corrected chi connectivity index (χ4v) is 2.83. The van der Waals surface area contributed by atoms with Crippen LogP contribution in [0.25, 0.3) is 5.65 Å². The summed E-state index contributed by atoms with van der Waals surface area (Å²) in [6.07, 6.45) is 2.06. The molecule has 0 aliphatic carbocycles. The van der Waals surface area contributed by atoms with Crippen LogP contribution >= 0.6 is 11.8 Å². The van der Waals surface area contributed by atoms with E-state index in [2.05, 4.69) is 28.6 Å². The summed E-state index contributed by atoms with van der Waals surface area (Å²) in [6.45, 7) is 3.94. The van der Waals surface area contributed by atoms with Gasteiger partial charge >= 0.3 is 5.97 Å². The highest BCUT2D eigenvalue weighted by Crippen LogP contribution is 2.17. The molecule has 0 aliphatic heterocycles. The van der Waals surface area contributed by atoms with Crippen LogP contribution in [0.15, 0.2) is 24.4 Å². The Bertz CT molecular complexity index is 580. The lowest BCUT2D eigenvalue weighted by molar-refractivity contribution is -0.143. The van der Waals surface area contributed by atoms with Gasteiger partial charge in [0.25, 0.3) is 0 Å². The molecule has 0 spiro atoms. The number of hydrogen-bond donors (Lipinski definition) is 0. The molecule has 2 heterocycles. The van der Waals surface area contributed by atoms with Gasteiger partial charge < -0.3 is 9.14 Å². The minimum Gasteiger partial charge on any atom is -0.469 e. The summed E-state index contributed by atoms with van der Waals surface area (Å²) in [5, 5.41) is 0. The topological polar surface area (TPSA) is 43.6 Å². The zero-order valence-corrected chi connectivity index (χ0v) is 12.2. The Morgan fingerprint density at radius 3 is 3.00 bits per heavy atom. The minimum absolute atomic E-state index is 0.0752. The van der Waals surface area contributed by atoms with Crippen LogP contribution in [0.3, 0.4) is 0 Å². The Labute approximate surface area is 117 Å². The molecule has 102 valence electrons. The quantitative estimate of drug-likeness (QED) is 0.789. The molecule has 4 nitrogen and oxygen atoms in total. The lowest BCUT2D eigenvalue weighted by atomic mass is 10.2. The van der Waals surface area contributed by atoms with E-state index in [-0.39, 0.29) is 11.9 Å². The highest BCUT2D eigenvalue weighted by atomic mass is 32.2. The molecule has 0 radical (unpaired) electrons. The molecule has 0 bridgehead atoms. The number of aryl methyl sites for hydroxylation is 1. The number of nitrogens with zero attached hydrogens (tertiary/aromatic N) is 2. The van der Waals surface area contributed by atoms with Crippen LogP contribution in [0.4, 0.5) is 0 Å². The molecule has 2 rings (SSSR count). The maximum Gasteiger partial charge on any atom is 0.309 e. The fourth-order valence-electron chi connectivity index (χ4n) is 1.88. The number of ether oxygens (including phenoxy) is 1. The van der Waals surface area contributed by atoms with Gasteiger partial charge in [0.1, 0.15) is 5.65 Å². The van der Waals surface area contributed by atoms with Crippen molar-refractivity contribution in [2.24, 2.45) is 5.92 Å². The molecular weight excluding hydrogens is 260 g/mol. The summed E-state index contributed by atoms with van der Waals surface area (Å²) in [7, 11) is 1.42. The van der Waals surface area contributed by atoms with Crippen molar-refractivity contribution in [3.63, 3.8) is 0 Å². The van der Waals surface area contributed by atoms with Gasteiger partial charge in [0, 0.05) is 23.4 Å². The summed E-state index contributed by atoms with van der Waals surface area (Å²) < 4.78 is 6.79. The minimum atomic E-state index is -0.154. The van der Waals surface area contributed by atoms with Gasteiger partial charge in [-0.25, -0.2) is 4.98 Å². The molecule has 2 aromatic rings. The third kappa shape index (κ3) is 3.29. The van der Waals surface area contributed by atoms with E-state index in [1.54, 1.807) is 11.8 Å². The molecule has 0 unspecified atom stereocenters. The number of carbonyl (C=O) groups excluding carboxylic acids is 1. The second-order valence-electron chi connectivity index (χ2n) is 4.57. The third-order valence-electron chi connectivity index (χ3n) is 2.97. The van der Waals surface area contributed by atoms with Crippen molar-refractivity contribution >= 4 is 23.4 Å². The van der Waals surface area contributed by atoms with E-state index in [4.69, 9.17) is 4.74 Å². The molecule has 0 aromatic carbocycles. The SMILES string of the molecule is COC(=O)[C@@H](C)CSCc1cn2c(C)cccc2n1. The number of hydrogen-bond acceptors (Lipinski definition) is 4. The summed E-state index contributed by atoms with van der Waals surface area (Å²) >= 11 is 1.70. The van der Waals surface area contributed by atoms with Crippen LogP contribution in [-0.2, 0) is 15.3 Å². The summed E-state index contributed by atoms with van der Waals surface area (Å²) in [4.78, 5) is 15.8. The van der Waals surface area contributed by atoms with E-state index in [9.17, 15) is 4.79 Å². The summed E-state index contributed by atoms with van der Waals surface area (Å²) in [6, 6.07) is 6.07. The van der Waals surface area contributed by atoms with E-state index in [1.807, 2.05) is 19.1 Å². The highest BCUT2D eigenvalue weighted by Gasteiger charge is 2.13. The monoisotopic (exact) mass is 278 g/mol. The number of aromatic nitrogens is 2. The van der Waals surface area contributed by atoms with Crippen LogP contribution in [0.1, 0.15) is 18.3 Å². The van der Waals surface area contributed by atoms with Crippen LogP contribution in [0, 0.1) is 12.8 Å².